The summed E-state index contributed by atoms with van der Waals surface area (Å²) in [5, 5.41) is 8.83. The summed E-state index contributed by atoms with van der Waals surface area (Å²) >= 11 is 0. The summed E-state index contributed by atoms with van der Waals surface area (Å²) in [4.78, 5) is 14.9. The number of carbonyl (C=O) groups is 1. The van der Waals surface area contributed by atoms with E-state index in [2.05, 4.69) is 4.98 Å². The van der Waals surface area contributed by atoms with Gasteiger partial charge in [-0.3, -0.25) is 4.98 Å². The van der Waals surface area contributed by atoms with Crippen molar-refractivity contribution in [3.05, 3.63) is 54.2 Å². The van der Waals surface area contributed by atoms with Crippen LogP contribution in [0.15, 0.2) is 48.7 Å². The van der Waals surface area contributed by atoms with Crippen LogP contribution in [0.2, 0.25) is 0 Å². The standard InChI is InChI=1S/C12H9NO2.Li.H/c14-12(15)10-6-7-13-11(8-10)9-4-2-1-3-5-9;;/h1-8H,(H,14,15);;. The van der Waals surface area contributed by atoms with Gasteiger partial charge >= 0.3 is 24.8 Å². The number of nitrogens with zero attached hydrogens (tertiary/aromatic N) is 1. The molecule has 0 aliphatic rings. The number of carboxylic acid groups (broad SMARTS) is 1. The average molecular weight is 207 g/mol. The first-order valence-electron chi connectivity index (χ1n) is 4.52. The van der Waals surface area contributed by atoms with Gasteiger partial charge in [-0.2, -0.15) is 0 Å². The fourth-order valence-corrected chi connectivity index (χ4v) is 1.33. The van der Waals surface area contributed by atoms with Crippen LogP contribution in [0.1, 0.15) is 10.4 Å². The second kappa shape index (κ2) is 5.50. The summed E-state index contributed by atoms with van der Waals surface area (Å²) in [5.41, 5.74) is 1.85. The molecule has 0 aliphatic heterocycles. The molecule has 0 atom stereocenters. The molecule has 2 aromatic rings. The predicted octanol–water partition coefficient (Wildman–Crippen LogP) is 1.80. The topological polar surface area (TPSA) is 50.2 Å². The van der Waals surface area contributed by atoms with Crippen LogP contribution in [0, 0.1) is 0 Å². The van der Waals surface area contributed by atoms with E-state index < -0.39 is 5.97 Å². The van der Waals surface area contributed by atoms with E-state index >= 15 is 0 Å². The van der Waals surface area contributed by atoms with Crippen molar-refractivity contribution in [1.29, 1.82) is 0 Å². The Morgan fingerprint density at radius 2 is 1.81 bits per heavy atom. The second-order valence-electron chi connectivity index (χ2n) is 3.10. The van der Waals surface area contributed by atoms with Crippen molar-refractivity contribution < 1.29 is 9.90 Å². The maximum absolute atomic E-state index is 10.8. The Balaban J connectivity index is 0.00000128. The third kappa shape index (κ3) is 2.72. The molecule has 0 saturated carbocycles. The molecular formula is C12H10LiNO2. The molecule has 0 amide bonds. The van der Waals surface area contributed by atoms with Gasteiger partial charge in [0.1, 0.15) is 0 Å². The molecule has 2 rings (SSSR count). The molecule has 76 valence electrons. The number of carboxylic acids is 1. The number of benzene rings is 1. The Hall–Kier alpha value is -1.56. The molecule has 1 N–H and O–H groups in total. The van der Waals surface area contributed by atoms with Gasteiger partial charge in [0.25, 0.3) is 0 Å². The quantitative estimate of drug-likeness (QED) is 0.764. The van der Waals surface area contributed by atoms with Gasteiger partial charge < -0.3 is 5.11 Å². The van der Waals surface area contributed by atoms with Crippen LogP contribution in [0.25, 0.3) is 11.3 Å². The number of hydrogen-bond acceptors (Lipinski definition) is 2. The first-order chi connectivity index (χ1) is 7.27. The average Bonchev–Trinajstić information content (AvgIpc) is 2.30. The summed E-state index contributed by atoms with van der Waals surface area (Å²) in [6, 6.07) is 12.5. The second-order valence-corrected chi connectivity index (χ2v) is 3.10. The number of hydrogen-bond donors (Lipinski definition) is 1. The Morgan fingerprint density at radius 1 is 1.12 bits per heavy atom. The van der Waals surface area contributed by atoms with E-state index in [4.69, 9.17) is 5.11 Å². The third-order valence-electron chi connectivity index (χ3n) is 2.08. The normalized spacial score (nSPS) is 9.25. The first kappa shape index (κ1) is 12.5. The fourth-order valence-electron chi connectivity index (χ4n) is 1.33. The Morgan fingerprint density at radius 3 is 2.44 bits per heavy atom. The van der Waals surface area contributed by atoms with Crippen molar-refractivity contribution >= 4 is 24.8 Å². The zero-order valence-corrected chi connectivity index (χ0v) is 7.92. The van der Waals surface area contributed by atoms with Crippen LogP contribution in [0.4, 0.5) is 0 Å². The molecule has 16 heavy (non-hydrogen) atoms. The van der Waals surface area contributed by atoms with Gasteiger partial charge in [0.2, 0.25) is 0 Å². The number of pyridine rings is 1. The zero-order chi connectivity index (χ0) is 10.7. The van der Waals surface area contributed by atoms with Crippen LogP contribution in [0.3, 0.4) is 0 Å². The fraction of sp³-hybridized carbons (Fsp3) is 0. The van der Waals surface area contributed by atoms with E-state index in [1.165, 1.54) is 12.3 Å². The van der Waals surface area contributed by atoms with Crippen molar-refractivity contribution in [3.63, 3.8) is 0 Å². The number of aromatic nitrogens is 1. The number of aromatic carboxylic acids is 1. The molecule has 0 unspecified atom stereocenters. The summed E-state index contributed by atoms with van der Waals surface area (Å²) in [6.07, 6.45) is 1.51. The molecule has 0 fully saturated rings. The van der Waals surface area contributed by atoms with Gasteiger partial charge in [0.15, 0.2) is 0 Å². The van der Waals surface area contributed by atoms with E-state index in [1.54, 1.807) is 6.07 Å². The van der Waals surface area contributed by atoms with Crippen molar-refractivity contribution in [1.82, 2.24) is 4.98 Å². The summed E-state index contributed by atoms with van der Waals surface area (Å²) in [5.74, 6) is -0.936. The van der Waals surface area contributed by atoms with Crippen molar-refractivity contribution in [2.75, 3.05) is 0 Å². The van der Waals surface area contributed by atoms with Gasteiger partial charge in [-0.05, 0) is 12.1 Å². The number of rotatable bonds is 2. The molecule has 0 bridgehead atoms. The molecule has 0 saturated heterocycles. The van der Waals surface area contributed by atoms with E-state index in [0.29, 0.717) is 5.69 Å². The minimum atomic E-state index is -0.936. The van der Waals surface area contributed by atoms with Gasteiger partial charge in [-0.25, -0.2) is 4.79 Å². The van der Waals surface area contributed by atoms with Crippen LogP contribution in [0.5, 0.6) is 0 Å². The summed E-state index contributed by atoms with van der Waals surface area (Å²) in [6.45, 7) is 0. The van der Waals surface area contributed by atoms with E-state index in [9.17, 15) is 4.79 Å². The Kier molecular flexibility index (Phi) is 4.30. The predicted molar refractivity (Wildman–Crippen MR) is 63.8 cm³/mol. The van der Waals surface area contributed by atoms with Gasteiger partial charge in [-0.1, -0.05) is 30.3 Å². The molecule has 0 spiro atoms. The monoisotopic (exact) mass is 207 g/mol. The van der Waals surface area contributed by atoms with Crippen molar-refractivity contribution in [2.24, 2.45) is 0 Å². The Labute approximate surface area is 105 Å². The molecule has 1 aromatic carbocycles. The molecule has 3 nitrogen and oxygen atoms in total. The summed E-state index contributed by atoms with van der Waals surface area (Å²) < 4.78 is 0. The molecule has 4 heteroatoms. The van der Waals surface area contributed by atoms with Crippen LogP contribution in [-0.4, -0.2) is 34.9 Å². The molecule has 0 aliphatic carbocycles. The van der Waals surface area contributed by atoms with Crippen LogP contribution >= 0.6 is 0 Å². The van der Waals surface area contributed by atoms with Gasteiger partial charge in [0, 0.05) is 11.8 Å². The SMILES string of the molecule is O=C(O)c1ccnc(-c2ccccc2)c1.[LiH]. The molecule has 0 radical (unpaired) electrons. The summed E-state index contributed by atoms with van der Waals surface area (Å²) in [7, 11) is 0. The minimum absolute atomic E-state index is 0. The van der Waals surface area contributed by atoms with E-state index in [-0.39, 0.29) is 24.4 Å². The first-order valence-corrected chi connectivity index (χ1v) is 4.52. The molecular weight excluding hydrogens is 197 g/mol. The zero-order valence-electron chi connectivity index (χ0n) is 7.92. The Bertz CT molecular complexity index is 485. The van der Waals surface area contributed by atoms with Gasteiger partial charge in [0.05, 0.1) is 11.3 Å². The van der Waals surface area contributed by atoms with E-state index in [1.807, 2.05) is 30.3 Å². The van der Waals surface area contributed by atoms with Gasteiger partial charge in [-0.15, -0.1) is 0 Å². The van der Waals surface area contributed by atoms with Crippen LogP contribution in [-0.2, 0) is 0 Å². The van der Waals surface area contributed by atoms with Crippen molar-refractivity contribution in [2.45, 2.75) is 0 Å². The third-order valence-corrected chi connectivity index (χ3v) is 2.08. The molecule has 1 aromatic heterocycles. The van der Waals surface area contributed by atoms with Crippen molar-refractivity contribution in [3.8, 4) is 11.3 Å². The molecule has 1 heterocycles. The van der Waals surface area contributed by atoms with E-state index in [0.717, 1.165) is 5.56 Å². The maximum atomic E-state index is 10.8. The van der Waals surface area contributed by atoms with Crippen LogP contribution < -0.4 is 0 Å².